The zero-order valence-corrected chi connectivity index (χ0v) is 12.5. The predicted molar refractivity (Wildman–Crippen MR) is 79.2 cm³/mol. The molecule has 7 heteroatoms. The molecule has 0 radical (unpaired) electrons. The van der Waals surface area contributed by atoms with E-state index >= 15 is 0 Å². The summed E-state index contributed by atoms with van der Waals surface area (Å²) < 4.78 is 1.91. The Bertz CT molecular complexity index is 565. The number of fused-ring (bicyclic) bond motifs is 1. The fourth-order valence-corrected chi connectivity index (χ4v) is 3.00. The molecule has 3 rings (SSSR count). The second-order valence-corrected chi connectivity index (χ2v) is 6.04. The van der Waals surface area contributed by atoms with E-state index in [2.05, 4.69) is 15.6 Å². The highest BCUT2D eigenvalue weighted by Crippen LogP contribution is 2.24. The van der Waals surface area contributed by atoms with Crippen molar-refractivity contribution >= 4 is 11.8 Å². The van der Waals surface area contributed by atoms with Gasteiger partial charge in [-0.1, -0.05) is 0 Å². The zero-order chi connectivity index (χ0) is 15.5. The smallest absolute Gasteiger partial charge is 0.271 e. The molecule has 7 nitrogen and oxygen atoms in total. The molecule has 22 heavy (non-hydrogen) atoms. The minimum atomic E-state index is -0.264. The van der Waals surface area contributed by atoms with Crippen LogP contribution in [0.3, 0.4) is 0 Å². The molecular formula is C15H22N4O3. The maximum Gasteiger partial charge on any atom is 0.271 e. The number of rotatable bonds is 5. The molecule has 1 aliphatic carbocycles. The average molecular weight is 306 g/mol. The first-order valence-corrected chi connectivity index (χ1v) is 7.92. The van der Waals surface area contributed by atoms with Crippen LogP contribution < -0.4 is 10.6 Å². The summed E-state index contributed by atoms with van der Waals surface area (Å²) in [6, 6.07) is 0.358. The molecule has 2 heterocycles. The molecule has 1 atom stereocenters. The Morgan fingerprint density at radius 3 is 2.86 bits per heavy atom. The molecule has 3 N–H and O–H groups in total. The molecule has 0 bridgehead atoms. The minimum Gasteiger partial charge on any atom is -0.395 e. The van der Waals surface area contributed by atoms with Crippen molar-refractivity contribution in [3.63, 3.8) is 0 Å². The fraction of sp³-hybridized carbons (Fsp3) is 0.667. The van der Waals surface area contributed by atoms with Crippen LogP contribution in [0, 0.1) is 5.92 Å². The van der Waals surface area contributed by atoms with E-state index in [0.717, 1.165) is 25.0 Å². The Labute approximate surface area is 129 Å². The van der Waals surface area contributed by atoms with Crippen LogP contribution >= 0.6 is 0 Å². The van der Waals surface area contributed by atoms with E-state index in [1.54, 1.807) is 6.33 Å². The maximum atomic E-state index is 12.2. The lowest BCUT2D eigenvalue weighted by Crippen LogP contribution is -2.44. The number of hydrogen-bond acceptors (Lipinski definition) is 4. The van der Waals surface area contributed by atoms with Crippen molar-refractivity contribution in [2.24, 2.45) is 5.92 Å². The number of aliphatic hydroxyl groups is 1. The van der Waals surface area contributed by atoms with Crippen molar-refractivity contribution < 1.29 is 14.7 Å². The highest BCUT2D eigenvalue weighted by atomic mass is 16.3. The van der Waals surface area contributed by atoms with E-state index in [1.807, 2.05) is 4.57 Å². The van der Waals surface area contributed by atoms with E-state index in [4.69, 9.17) is 5.11 Å². The molecule has 0 spiro atoms. The summed E-state index contributed by atoms with van der Waals surface area (Å²) in [6.45, 7) is 0.705. The van der Waals surface area contributed by atoms with Gasteiger partial charge in [0.1, 0.15) is 5.69 Å². The second-order valence-electron chi connectivity index (χ2n) is 6.04. The standard InChI is InChI=1S/C15H22N4O3/c20-7-6-16-15(22)13-12-5-4-10(8-19(12)9-17-13)14(21)18-11-2-1-3-11/h9-11,20H,1-8H2,(H,16,22)(H,18,21). The molecule has 1 aromatic heterocycles. The molecule has 1 aromatic rings. The van der Waals surface area contributed by atoms with E-state index in [0.29, 0.717) is 24.7 Å². The third-order valence-corrected chi connectivity index (χ3v) is 4.53. The number of carbonyl (C=O) groups is 2. The number of aliphatic hydroxyl groups excluding tert-OH is 1. The Balaban J connectivity index is 1.62. The third kappa shape index (κ3) is 2.99. The minimum absolute atomic E-state index is 0.0457. The van der Waals surface area contributed by atoms with Crippen molar-refractivity contribution in [3.05, 3.63) is 17.7 Å². The van der Waals surface area contributed by atoms with E-state index < -0.39 is 0 Å². The summed E-state index contributed by atoms with van der Waals surface area (Å²) in [4.78, 5) is 28.4. The molecule has 1 fully saturated rings. The van der Waals surface area contributed by atoms with Crippen LogP contribution in [-0.2, 0) is 17.8 Å². The number of imidazole rings is 1. The quantitative estimate of drug-likeness (QED) is 0.704. The van der Waals surface area contributed by atoms with Gasteiger partial charge in [-0.2, -0.15) is 0 Å². The van der Waals surface area contributed by atoms with E-state index in [9.17, 15) is 9.59 Å². The van der Waals surface area contributed by atoms with Crippen LogP contribution in [0.1, 0.15) is 41.9 Å². The third-order valence-electron chi connectivity index (χ3n) is 4.53. The van der Waals surface area contributed by atoms with Gasteiger partial charge in [-0.05, 0) is 32.1 Å². The van der Waals surface area contributed by atoms with Crippen LogP contribution in [0.15, 0.2) is 6.33 Å². The normalized spacial score (nSPS) is 20.9. The average Bonchev–Trinajstić information content (AvgIpc) is 2.91. The number of amides is 2. The molecule has 2 amide bonds. The molecule has 120 valence electrons. The van der Waals surface area contributed by atoms with E-state index in [1.165, 1.54) is 6.42 Å². The molecule has 0 aromatic carbocycles. The number of hydrogen-bond donors (Lipinski definition) is 3. The van der Waals surface area contributed by atoms with Gasteiger partial charge in [0.25, 0.3) is 5.91 Å². The summed E-state index contributed by atoms with van der Waals surface area (Å²) in [6.07, 6.45) is 6.42. The lowest BCUT2D eigenvalue weighted by molar-refractivity contribution is -0.127. The molecule has 1 aliphatic heterocycles. The summed E-state index contributed by atoms with van der Waals surface area (Å²) in [7, 11) is 0. The van der Waals surface area contributed by atoms with Crippen molar-refractivity contribution in [2.45, 2.75) is 44.7 Å². The summed E-state index contributed by atoms with van der Waals surface area (Å²) in [5.74, 6) is -0.189. The van der Waals surface area contributed by atoms with Crippen molar-refractivity contribution in [2.75, 3.05) is 13.2 Å². The topological polar surface area (TPSA) is 96.2 Å². The SMILES string of the molecule is O=C(NCCO)c1ncn2c1CCC(C(=O)NC1CCC1)C2. The molecule has 2 aliphatic rings. The van der Waals surface area contributed by atoms with Crippen molar-refractivity contribution in [1.82, 2.24) is 20.2 Å². The van der Waals surface area contributed by atoms with Gasteiger partial charge in [0.15, 0.2) is 0 Å². The lowest BCUT2D eigenvalue weighted by atomic mass is 9.91. The van der Waals surface area contributed by atoms with Gasteiger partial charge < -0.3 is 20.3 Å². The van der Waals surface area contributed by atoms with Crippen LogP contribution in [0.4, 0.5) is 0 Å². The van der Waals surface area contributed by atoms with Crippen LogP contribution in [0.25, 0.3) is 0 Å². The Morgan fingerprint density at radius 2 is 2.18 bits per heavy atom. The largest absolute Gasteiger partial charge is 0.395 e. The molecule has 1 unspecified atom stereocenters. The second kappa shape index (κ2) is 6.48. The summed E-state index contributed by atoms with van der Waals surface area (Å²) >= 11 is 0. The van der Waals surface area contributed by atoms with Crippen LogP contribution in [0.2, 0.25) is 0 Å². The van der Waals surface area contributed by atoms with Gasteiger partial charge in [0.05, 0.1) is 24.5 Å². The molecular weight excluding hydrogens is 284 g/mol. The summed E-state index contributed by atoms with van der Waals surface area (Å²) in [5, 5.41) is 14.5. The molecule has 1 saturated carbocycles. The van der Waals surface area contributed by atoms with Gasteiger partial charge in [-0.3, -0.25) is 9.59 Å². The monoisotopic (exact) mass is 306 g/mol. The number of nitrogens with zero attached hydrogens (tertiary/aromatic N) is 2. The van der Waals surface area contributed by atoms with Gasteiger partial charge in [-0.15, -0.1) is 0 Å². The number of aromatic nitrogens is 2. The van der Waals surface area contributed by atoms with Gasteiger partial charge >= 0.3 is 0 Å². The van der Waals surface area contributed by atoms with Crippen LogP contribution in [0.5, 0.6) is 0 Å². The molecule has 0 saturated heterocycles. The highest BCUT2D eigenvalue weighted by molar-refractivity contribution is 5.93. The predicted octanol–water partition coefficient (Wildman–Crippen LogP) is -0.164. The van der Waals surface area contributed by atoms with E-state index in [-0.39, 0.29) is 30.9 Å². The van der Waals surface area contributed by atoms with Gasteiger partial charge in [0, 0.05) is 19.1 Å². The number of carbonyl (C=O) groups excluding carboxylic acids is 2. The van der Waals surface area contributed by atoms with Gasteiger partial charge in [0.2, 0.25) is 5.91 Å². The first-order valence-electron chi connectivity index (χ1n) is 7.92. The Morgan fingerprint density at radius 1 is 1.36 bits per heavy atom. The zero-order valence-electron chi connectivity index (χ0n) is 12.5. The first-order chi connectivity index (χ1) is 10.7. The number of nitrogens with one attached hydrogen (secondary N) is 2. The van der Waals surface area contributed by atoms with Crippen molar-refractivity contribution in [1.29, 1.82) is 0 Å². The lowest BCUT2D eigenvalue weighted by Gasteiger charge is -2.30. The fourth-order valence-electron chi connectivity index (χ4n) is 3.00. The Kier molecular flexibility index (Phi) is 4.42. The first kappa shape index (κ1) is 15.0. The summed E-state index contributed by atoms with van der Waals surface area (Å²) in [5.41, 5.74) is 1.29. The van der Waals surface area contributed by atoms with Crippen molar-refractivity contribution in [3.8, 4) is 0 Å². The highest BCUT2D eigenvalue weighted by Gasteiger charge is 2.30. The van der Waals surface area contributed by atoms with Crippen LogP contribution in [-0.4, -0.2) is 45.7 Å². The van der Waals surface area contributed by atoms with Gasteiger partial charge in [-0.25, -0.2) is 4.98 Å². The maximum absolute atomic E-state index is 12.2. The Hall–Kier alpha value is -1.89.